The predicted octanol–water partition coefficient (Wildman–Crippen LogP) is 4.14. The summed E-state index contributed by atoms with van der Waals surface area (Å²) in [5.41, 5.74) is 2.35. The first-order valence-corrected chi connectivity index (χ1v) is 10.2. The Kier molecular flexibility index (Phi) is 4.94. The Labute approximate surface area is 161 Å². The number of aromatic nitrogens is 2. The number of benzene rings is 1. The third kappa shape index (κ3) is 3.87. The van der Waals surface area contributed by atoms with E-state index >= 15 is 0 Å². The molecule has 5 heteroatoms. The van der Waals surface area contributed by atoms with Crippen molar-refractivity contribution < 1.29 is 4.79 Å². The van der Waals surface area contributed by atoms with E-state index in [1.165, 1.54) is 17.5 Å². The second kappa shape index (κ2) is 7.37. The molecule has 0 spiro atoms. The minimum absolute atomic E-state index is 0.111. The van der Waals surface area contributed by atoms with E-state index in [2.05, 4.69) is 51.0 Å². The van der Waals surface area contributed by atoms with Gasteiger partial charge in [-0.25, -0.2) is 9.78 Å². The van der Waals surface area contributed by atoms with Crippen LogP contribution in [0.3, 0.4) is 0 Å². The topological polar surface area (TPSA) is 50.2 Å². The average Bonchev–Trinajstić information content (AvgIpc) is 3.34. The number of nitrogens with one attached hydrogen (secondary N) is 1. The molecule has 1 aromatic carbocycles. The maximum atomic E-state index is 13.1. The largest absolute Gasteiger partial charge is 0.335 e. The molecular formula is C22H30N4O. The van der Waals surface area contributed by atoms with Crippen molar-refractivity contribution in [3.05, 3.63) is 53.6 Å². The van der Waals surface area contributed by atoms with Gasteiger partial charge in [-0.15, -0.1) is 0 Å². The van der Waals surface area contributed by atoms with Gasteiger partial charge in [-0.3, -0.25) is 0 Å². The number of piperidine rings is 1. The van der Waals surface area contributed by atoms with Crippen molar-refractivity contribution in [2.75, 3.05) is 6.54 Å². The number of carbonyl (C=O) groups is 1. The number of aryl methyl sites for hydroxylation is 3. The lowest BCUT2D eigenvalue weighted by Crippen LogP contribution is -2.51. The van der Waals surface area contributed by atoms with Crippen molar-refractivity contribution in [3.63, 3.8) is 0 Å². The molecule has 27 heavy (non-hydrogen) atoms. The standard InChI is InChI=1S/C22H30N4O/c1-17-6-8-19(9-7-17)22(11-12-22)24-21(27)26-14-4-3-5-20(26)10-15-25-16-13-23-18(25)2/h6-9,13,16,20H,3-5,10-12,14-15H2,1-2H3,(H,24,27)/t20-/m1/s1. The molecule has 2 fully saturated rings. The molecule has 144 valence electrons. The van der Waals surface area contributed by atoms with E-state index in [0.717, 1.165) is 51.0 Å². The molecule has 2 amide bonds. The highest BCUT2D eigenvalue weighted by Crippen LogP contribution is 2.45. The number of hydrogen-bond donors (Lipinski definition) is 1. The van der Waals surface area contributed by atoms with Crippen molar-refractivity contribution >= 4 is 6.03 Å². The Morgan fingerprint density at radius 2 is 2.00 bits per heavy atom. The van der Waals surface area contributed by atoms with Crippen molar-refractivity contribution in [2.45, 2.75) is 70.5 Å². The fourth-order valence-electron chi connectivity index (χ4n) is 4.26. The van der Waals surface area contributed by atoms with E-state index < -0.39 is 0 Å². The molecule has 2 aliphatic rings. The number of likely N-dealkylation sites (tertiary alicyclic amines) is 1. The smallest absolute Gasteiger partial charge is 0.318 e. The Morgan fingerprint density at radius 1 is 1.22 bits per heavy atom. The number of rotatable bonds is 5. The number of amides is 2. The molecule has 2 aromatic rings. The second-order valence-corrected chi connectivity index (χ2v) is 8.18. The molecule has 5 nitrogen and oxygen atoms in total. The predicted molar refractivity (Wildman–Crippen MR) is 107 cm³/mol. The summed E-state index contributed by atoms with van der Waals surface area (Å²) in [5.74, 6) is 1.04. The fourth-order valence-corrected chi connectivity index (χ4v) is 4.26. The number of carbonyl (C=O) groups excluding carboxylic acids is 1. The van der Waals surface area contributed by atoms with Crippen LogP contribution in [-0.4, -0.2) is 33.1 Å². The number of nitrogens with zero attached hydrogens (tertiary/aromatic N) is 3. The van der Waals surface area contributed by atoms with Crippen LogP contribution in [0.2, 0.25) is 0 Å². The van der Waals surface area contributed by atoms with Gasteiger partial charge < -0.3 is 14.8 Å². The molecule has 1 saturated carbocycles. The van der Waals surface area contributed by atoms with Crippen LogP contribution in [0.1, 0.15) is 55.5 Å². The summed E-state index contributed by atoms with van der Waals surface area (Å²) in [7, 11) is 0. The van der Waals surface area contributed by atoms with Gasteiger partial charge in [0.2, 0.25) is 0 Å². The van der Waals surface area contributed by atoms with Crippen LogP contribution < -0.4 is 5.32 Å². The molecule has 1 atom stereocenters. The molecule has 4 rings (SSSR count). The number of hydrogen-bond acceptors (Lipinski definition) is 2. The first-order chi connectivity index (χ1) is 13.1. The maximum Gasteiger partial charge on any atom is 0.318 e. The van der Waals surface area contributed by atoms with Gasteiger partial charge in [0.25, 0.3) is 0 Å². The van der Waals surface area contributed by atoms with Gasteiger partial charge in [0.1, 0.15) is 5.82 Å². The van der Waals surface area contributed by atoms with Gasteiger partial charge in [0.05, 0.1) is 5.54 Å². The average molecular weight is 367 g/mol. The van der Waals surface area contributed by atoms with E-state index in [1.807, 2.05) is 19.3 Å². The van der Waals surface area contributed by atoms with Gasteiger partial charge >= 0.3 is 6.03 Å². The van der Waals surface area contributed by atoms with Gasteiger partial charge in [-0.2, -0.15) is 0 Å². The Balaban J connectivity index is 1.41. The van der Waals surface area contributed by atoms with Gasteiger partial charge in [0.15, 0.2) is 0 Å². The maximum absolute atomic E-state index is 13.1. The van der Waals surface area contributed by atoms with Crippen LogP contribution in [0.25, 0.3) is 0 Å². The zero-order valence-electron chi connectivity index (χ0n) is 16.4. The Bertz CT molecular complexity index is 791. The molecule has 1 saturated heterocycles. The summed E-state index contributed by atoms with van der Waals surface area (Å²) < 4.78 is 2.18. The fraction of sp³-hybridized carbons (Fsp3) is 0.545. The molecule has 0 radical (unpaired) electrons. The lowest BCUT2D eigenvalue weighted by Gasteiger charge is -2.37. The zero-order valence-corrected chi connectivity index (χ0v) is 16.4. The molecule has 2 heterocycles. The summed E-state index contributed by atoms with van der Waals surface area (Å²) in [5, 5.41) is 3.38. The molecule has 1 aromatic heterocycles. The zero-order chi connectivity index (χ0) is 18.9. The van der Waals surface area contributed by atoms with Crippen LogP contribution in [0.5, 0.6) is 0 Å². The van der Waals surface area contributed by atoms with E-state index in [4.69, 9.17) is 0 Å². The first kappa shape index (κ1) is 18.1. The third-order valence-corrected chi connectivity index (χ3v) is 6.22. The van der Waals surface area contributed by atoms with Crippen LogP contribution in [0, 0.1) is 13.8 Å². The molecule has 0 unspecified atom stereocenters. The summed E-state index contributed by atoms with van der Waals surface area (Å²) in [6.45, 7) is 5.92. The summed E-state index contributed by atoms with van der Waals surface area (Å²) in [4.78, 5) is 19.5. The van der Waals surface area contributed by atoms with E-state index in [9.17, 15) is 4.79 Å². The quantitative estimate of drug-likeness (QED) is 0.864. The molecule has 1 N–H and O–H groups in total. The highest BCUT2D eigenvalue weighted by atomic mass is 16.2. The first-order valence-electron chi connectivity index (χ1n) is 10.2. The molecule has 0 bridgehead atoms. The third-order valence-electron chi connectivity index (χ3n) is 6.22. The number of imidazole rings is 1. The van der Waals surface area contributed by atoms with E-state index in [1.54, 1.807) is 0 Å². The monoisotopic (exact) mass is 366 g/mol. The molecule has 1 aliphatic heterocycles. The van der Waals surface area contributed by atoms with Crippen LogP contribution >= 0.6 is 0 Å². The lowest BCUT2D eigenvalue weighted by atomic mass is 9.99. The SMILES string of the molecule is Cc1ccc(C2(NC(=O)N3CCCC[C@@H]3CCn3ccnc3C)CC2)cc1. The minimum atomic E-state index is -0.145. The van der Waals surface area contributed by atoms with Crippen LogP contribution in [0.4, 0.5) is 4.79 Å². The second-order valence-electron chi connectivity index (χ2n) is 8.18. The van der Waals surface area contributed by atoms with Crippen molar-refractivity contribution in [1.29, 1.82) is 0 Å². The molecular weight excluding hydrogens is 336 g/mol. The van der Waals surface area contributed by atoms with Crippen molar-refractivity contribution in [3.8, 4) is 0 Å². The van der Waals surface area contributed by atoms with Crippen molar-refractivity contribution in [1.82, 2.24) is 19.8 Å². The van der Waals surface area contributed by atoms with E-state index in [0.29, 0.717) is 6.04 Å². The molecule has 1 aliphatic carbocycles. The van der Waals surface area contributed by atoms with Crippen LogP contribution in [0.15, 0.2) is 36.7 Å². The summed E-state index contributed by atoms with van der Waals surface area (Å²) in [6.07, 6.45) is 10.3. The van der Waals surface area contributed by atoms with Gasteiger partial charge in [-0.05, 0) is 57.9 Å². The lowest BCUT2D eigenvalue weighted by molar-refractivity contribution is 0.140. The van der Waals surface area contributed by atoms with E-state index in [-0.39, 0.29) is 11.6 Å². The van der Waals surface area contributed by atoms with Gasteiger partial charge in [-0.1, -0.05) is 29.8 Å². The Morgan fingerprint density at radius 3 is 2.67 bits per heavy atom. The summed E-state index contributed by atoms with van der Waals surface area (Å²) in [6, 6.07) is 9.03. The van der Waals surface area contributed by atoms with Gasteiger partial charge in [0, 0.05) is 31.5 Å². The summed E-state index contributed by atoms with van der Waals surface area (Å²) >= 11 is 0. The highest BCUT2D eigenvalue weighted by molar-refractivity contribution is 5.76. The normalized spacial score (nSPS) is 21.1. The van der Waals surface area contributed by atoms with Crippen LogP contribution in [-0.2, 0) is 12.1 Å². The minimum Gasteiger partial charge on any atom is -0.335 e. The Hall–Kier alpha value is -2.30. The highest BCUT2D eigenvalue weighted by Gasteiger charge is 2.46. The van der Waals surface area contributed by atoms with Crippen molar-refractivity contribution in [2.24, 2.45) is 0 Å². The number of urea groups is 1.